The largest absolute Gasteiger partial charge is 0.497 e. The van der Waals surface area contributed by atoms with Crippen LogP contribution in [0.2, 0.25) is 0 Å². The van der Waals surface area contributed by atoms with E-state index in [4.69, 9.17) is 4.74 Å². The molecule has 4 aromatic rings. The minimum absolute atomic E-state index is 0.264. The minimum atomic E-state index is -0.264. The van der Waals surface area contributed by atoms with Gasteiger partial charge in [-0.25, -0.2) is 4.98 Å². The van der Waals surface area contributed by atoms with Gasteiger partial charge in [-0.3, -0.25) is 4.79 Å². The highest BCUT2D eigenvalue weighted by Gasteiger charge is 2.09. The van der Waals surface area contributed by atoms with Gasteiger partial charge in [-0.15, -0.1) is 0 Å². The topological polar surface area (TPSA) is 57.0 Å². The fourth-order valence-electron chi connectivity index (χ4n) is 2.78. The van der Waals surface area contributed by atoms with Crippen LogP contribution in [-0.4, -0.2) is 21.6 Å². The van der Waals surface area contributed by atoms with Gasteiger partial charge in [-0.1, -0.05) is 30.3 Å². The van der Waals surface area contributed by atoms with Crippen molar-refractivity contribution in [2.45, 2.75) is 6.54 Å². The van der Waals surface area contributed by atoms with Crippen molar-refractivity contribution in [1.29, 1.82) is 0 Å². The highest BCUT2D eigenvalue weighted by molar-refractivity contribution is 5.91. The lowest BCUT2D eigenvalue weighted by atomic mass is 10.1. The summed E-state index contributed by atoms with van der Waals surface area (Å²) in [4.78, 5) is 20.8. The van der Waals surface area contributed by atoms with Gasteiger partial charge in [0.2, 0.25) is 0 Å². The second-order valence-corrected chi connectivity index (χ2v) is 5.58. The number of ether oxygens (including phenoxy) is 1. The molecule has 0 unspecified atom stereocenters. The highest BCUT2D eigenvalue weighted by Crippen LogP contribution is 2.22. The van der Waals surface area contributed by atoms with Gasteiger partial charge in [-0.2, -0.15) is 4.98 Å². The van der Waals surface area contributed by atoms with Crippen molar-refractivity contribution in [3.05, 3.63) is 76.8 Å². The molecule has 2 aromatic carbocycles. The fourth-order valence-corrected chi connectivity index (χ4v) is 2.78. The predicted octanol–water partition coefficient (Wildman–Crippen LogP) is 3.00. The molecule has 0 fully saturated rings. The van der Waals surface area contributed by atoms with E-state index < -0.39 is 0 Å². The maximum absolute atomic E-state index is 12.2. The van der Waals surface area contributed by atoms with Crippen LogP contribution in [0.5, 0.6) is 5.75 Å². The average Bonchev–Trinajstić information content (AvgIpc) is 2.63. The molecule has 0 aliphatic rings. The summed E-state index contributed by atoms with van der Waals surface area (Å²) in [5.74, 6) is 0.736. The first-order chi connectivity index (χ1) is 11.7. The molecule has 0 bridgehead atoms. The Labute approximate surface area is 138 Å². The maximum atomic E-state index is 12.2. The Morgan fingerprint density at radius 3 is 2.71 bits per heavy atom. The number of rotatable bonds is 3. The SMILES string of the molecule is COc1ccc2cc3c(=O)ncn(Cc4ccccc4)c3nc2c1. The first-order valence-corrected chi connectivity index (χ1v) is 7.62. The summed E-state index contributed by atoms with van der Waals surface area (Å²) in [6.07, 6.45) is 1.55. The van der Waals surface area contributed by atoms with Crippen molar-refractivity contribution >= 4 is 21.9 Å². The molecule has 5 heteroatoms. The molecular weight excluding hydrogens is 302 g/mol. The molecule has 5 nitrogen and oxygen atoms in total. The lowest BCUT2D eigenvalue weighted by Crippen LogP contribution is -2.14. The molecule has 24 heavy (non-hydrogen) atoms. The van der Waals surface area contributed by atoms with Gasteiger partial charge in [0.25, 0.3) is 5.56 Å². The van der Waals surface area contributed by atoms with Crippen LogP contribution in [-0.2, 0) is 6.54 Å². The molecule has 118 valence electrons. The van der Waals surface area contributed by atoms with E-state index in [1.807, 2.05) is 59.2 Å². The summed E-state index contributed by atoms with van der Waals surface area (Å²) < 4.78 is 7.16. The Kier molecular flexibility index (Phi) is 3.46. The van der Waals surface area contributed by atoms with Crippen LogP contribution in [0, 0.1) is 0 Å². The second-order valence-electron chi connectivity index (χ2n) is 5.58. The van der Waals surface area contributed by atoms with Crippen LogP contribution in [0.15, 0.2) is 65.7 Å². The molecule has 0 saturated carbocycles. The quantitative estimate of drug-likeness (QED) is 0.545. The maximum Gasteiger partial charge on any atom is 0.282 e. The van der Waals surface area contributed by atoms with Crippen molar-refractivity contribution in [2.24, 2.45) is 0 Å². The smallest absolute Gasteiger partial charge is 0.282 e. The van der Waals surface area contributed by atoms with Crippen LogP contribution in [0.3, 0.4) is 0 Å². The van der Waals surface area contributed by atoms with Crippen LogP contribution in [0.4, 0.5) is 0 Å². The van der Waals surface area contributed by atoms with E-state index in [-0.39, 0.29) is 5.56 Å². The zero-order chi connectivity index (χ0) is 16.5. The van der Waals surface area contributed by atoms with E-state index in [1.165, 1.54) is 0 Å². The van der Waals surface area contributed by atoms with E-state index >= 15 is 0 Å². The molecule has 4 rings (SSSR count). The lowest BCUT2D eigenvalue weighted by molar-refractivity contribution is 0.415. The Morgan fingerprint density at radius 2 is 1.92 bits per heavy atom. The Balaban J connectivity index is 1.95. The number of hydrogen-bond acceptors (Lipinski definition) is 4. The van der Waals surface area contributed by atoms with Gasteiger partial charge in [-0.05, 0) is 23.8 Å². The number of hydrogen-bond donors (Lipinski definition) is 0. The van der Waals surface area contributed by atoms with Gasteiger partial charge < -0.3 is 9.30 Å². The van der Waals surface area contributed by atoms with Gasteiger partial charge in [0.05, 0.1) is 24.6 Å². The molecule has 2 aromatic heterocycles. The summed E-state index contributed by atoms with van der Waals surface area (Å²) in [5, 5.41) is 1.41. The summed E-state index contributed by atoms with van der Waals surface area (Å²) in [6, 6.07) is 17.5. The van der Waals surface area contributed by atoms with Crippen molar-refractivity contribution in [3.8, 4) is 5.75 Å². The molecule has 0 amide bonds. The van der Waals surface area contributed by atoms with E-state index in [2.05, 4.69) is 9.97 Å². The van der Waals surface area contributed by atoms with Gasteiger partial charge in [0.1, 0.15) is 17.7 Å². The van der Waals surface area contributed by atoms with Crippen LogP contribution in [0.25, 0.3) is 21.9 Å². The minimum Gasteiger partial charge on any atom is -0.497 e. The third kappa shape index (κ3) is 2.50. The van der Waals surface area contributed by atoms with Crippen molar-refractivity contribution < 1.29 is 4.74 Å². The molecule has 0 aliphatic carbocycles. The third-order valence-electron chi connectivity index (χ3n) is 4.02. The fraction of sp³-hybridized carbons (Fsp3) is 0.105. The molecule has 0 N–H and O–H groups in total. The molecular formula is C19H15N3O2. The highest BCUT2D eigenvalue weighted by atomic mass is 16.5. The molecule has 0 saturated heterocycles. The average molecular weight is 317 g/mol. The molecule has 2 heterocycles. The normalized spacial score (nSPS) is 11.0. The number of pyridine rings is 1. The third-order valence-corrected chi connectivity index (χ3v) is 4.02. The zero-order valence-electron chi connectivity index (χ0n) is 13.1. The van der Waals surface area contributed by atoms with E-state index in [0.29, 0.717) is 17.6 Å². The summed E-state index contributed by atoms with van der Waals surface area (Å²) >= 11 is 0. The summed E-state index contributed by atoms with van der Waals surface area (Å²) in [7, 11) is 1.62. The number of benzene rings is 2. The number of nitrogens with zero attached hydrogens (tertiary/aromatic N) is 3. The first-order valence-electron chi connectivity index (χ1n) is 7.62. The zero-order valence-corrected chi connectivity index (χ0v) is 13.1. The van der Waals surface area contributed by atoms with Gasteiger partial charge in [0, 0.05) is 11.5 Å². The van der Waals surface area contributed by atoms with Crippen LogP contribution in [0.1, 0.15) is 5.56 Å². The summed E-state index contributed by atoms with van der Waals surface area (Å²) in [6.45, 7) is 0.604. The van der Waals surface area contributed by atoms with Crippen molar-refractivity contribution in [3.63, 3.8) is 0 Å². The molecule has 0 aliphatic heterocycles. The van der Waals surface area contributed by atoms with Gasteiger partial charge in [0.15, 0.2) is 0 Å². The van der Waals surface area contributed by atoms with Crippen LogP contribution < -0.4 is 10.3 Å². The second kappa shape index (κ2) is 5.77. The lowest BCUT2D eigenvalue weighted by Gasteiger charge is -2.10. The number of methoxy groups -OCH3 is 1. The predicted molar refractivity (Wildman–Crippen MR) is 93.4 cm³/mol. The van der Waals surface area contributed by atoms with Crippen molar-refractivity contribution in [1.82, 2.24) is 14.5 Å². The van der Waals surface area contributed by atoms with E-state index in [0.717, 1.165) is 22.2 Å². The van der Waals surface area contributed by atoms with Gasteiger partial charge >= 0.3 is 0 Å². The van der Waals surface area contributed by atoms with Crippen molar-refractivity contribution in [2.75, 3.05) is 7.11 Å². The molecule has 0 atom stereocenters. The molecule has 0 spiro atoms. The summed E-state index contributed by atoms with van der Waals surface area (Å²) in [5.41, 5.74) is 2.27. The number of aromatic nitrogens is 3. The first kappa shape index (κ1) is 14.4. The standard InChI is InChI=1S/C19H15N3O2/c1-24-15-8-7-14-9-16-18(21-17(14)10-15)22(12-20-19(16)23)11-13-5-3-2-4-6-13/h2-10,12H,11H2,1H3. The number of fused-ring (bicyclic) bond motifs is 2. The van der Waals surface area contributed by atoms with Crippen LogP contribution >= 0.6 is 0 Å². The Hall–Kier alpha value is -3.21. The Bertz CT molecular complexity index is 1090. The van der Waals surface area contributed by atoms with E-state index in [1.54, 1.807) is 13.4 Å². The monoisotopic (exact) mass is 317 g/mol. The molecule has 0 radical (unpaired) electrons. The van der Waals surface area contributed by atoms with E-state index in [9.17, 15) is 4.79 Å². The Morgan fingerprint density at radius 1 is 1.08 bits per heavy atom.